The van der Waals surface area contributed by atoms with Gasteiger partial charge in [-0.1, -0.05) is 48.5 Å². The van der Waals surface area contributed by atoms with Crippen molar-refractivity contribution >= 4 is 33.5 Å². The highest BCUT2D eigenvalue weighted by molar-refractivity contribution is 8.00. The van der Waals surface area contributed by atoms with Crippen LogP contribution in [0.25, 0.3) is 28.3 Å². The van der Waals surface area contributed by atoms with E-state index in [0.29, 0.717) is 57.7 Å². The molecule has 326 valence electrons. The first-order valence-electron chi connectivity index (χ1n) is 20.2. The monoisotopic (exact) mass is 888 g/mol. The molecule has 0 spiro atoms. The highest BCUT2D eigenvalue weighted by Gasteiger charge is 2.39. The fraction of sp³-hybridized carbons (Fsp3) is 0.283. The fourth-order valence-corrected chi connectivity index (χ4v) is 10.7. The van der Waals surface area contributed by atoms with Gasteiger partial charge in [0.2, 0.25) is 10.0 Å². The van der Waals surface area contributed by atoms with Crippen LogP contribution in [0.2, 0.25) is 0 Å². The Hall–Kier alpha value is -6.43. The SMILES string of the molecule is COc1ccc(CN(Cc2ccc(OC)cc2)S(=O)(=O)c2c(SC3CN(C(=O)OC(C)(C)C)C3)ccc(-c3cccc4nccn34)c2-c2nnnn2Cc2ccc(OC)cc2)cc1. The van der Waals surface area contributed by atoms with Crippen molar-refractivity contribution in [3.63, 3.8) is 0 Å². The summed E-state index contributed by atoms with van der Waals surface area (Å²) in [5, 5.41) is 13.0. The van der Waals surface area contributed by atoms with Crippen molar-refractivity contribution in [1.29, 1.82) is 0 Å². The molecule has 4 aromatic carbocycles. The summed E-state index contributed by atoms with van der Waals surface area (Å²) in [6, 6.07) is 31.7. The van der Waals surface area contributed by atoms with Gasteiger partial charge in [0.05, 0.1) is 39.1 Å². The standard InChI is InChI=1S/C46H48N8O7S2/c1-46(2,3)61-45(55)51-29-37(30-51)62-40-23-22-38(39-8-7-9-41-47-24-25-53(39)41)42(44-48-49-50-54(44)28-33-14-20-36(60-6)21-15-33)43(40)63(56,57)52(26-31-10-16-34(58-4)17-11-31)27-32-12-18-35(59-5)19-13-32/h7-25,37H,26-30H2,1-6H3. The molecular formula is C46H48N8O7S2. The van der Waals surface area contributed by atoms with E-state index in [1.165, 1.54) is 16.1 Å². The van der Waals surface area contributed by atoms with Gasteiger partial charge in [-0.2, -0.15) is 4.31 Å². The van der Waals surface area contributed by atoms with Crippen molar-refractivity contribution in [3.8, 4) is 39.9 Å². The lowest BCUT2D eigenvalue weighted by molar-refractivity contribution is 0.0143. The quantitative estimate of drug-likeness (QED) is 0.0985. The Labute approximate surface area is 370 Å². The second-order valence-electron chi connectivity index (χ2n) is 16.0. The number of hydrogen-bond donors (Lipinski definition) is 0. The first-order valence-corrected chi connectivity index (χ1v) is 22.5. The first-order chi connectivity index (χ1) is 30.3. The van der Waals surface area contributed by atoms with Crippen molar-refractivity contribution in [2.45, 2.75) is 61.0 Å². The van der Waals surface area contributed by atoms with Crippen molar-refractivity contribution < 1.29 is 32.2 Å². The molecule has 8 rings (SSSR count). The number of aromatic nitrogens is 6. The summed E-state index contributed by atoms with van der Waals surface area (Å²) in [4.78, 5) is 19.7. The summed E-state index contributed by atoms with van der Waals surface area (Å²) in [7, 11) is 0.307. The fourth-order valence-electron chi connectivity index (χ4n) is 7.30. The third kappa shape index (κ3) is 9.50. The predicted octanol–water partition coefficient (Wildman–Crippen LogP) is 7.83. The number of fused-ring (bicyclic) bond motifs is 1. The Balaban J connectivity index is 1.33. The molecule has 1 amide bonds. The number of benzene rings is 4. The van der Waals surface area contributed by atoms with Gasteiger partial charge in [-0.15, -0.1) is 16.9 Å². The minimum Gasteiger partial charge on any atom is -0.497 e. The van der Waals surface area contributed by atoms with Crippen LogP contribution in [-0.2, 0) is 34.4 Å². The van der Waals surface area contributed by atoms with E-state index in [0.717, 1.165) is 16.7 Å². The van der Waals surface area contributed by atoms with E-state index in [1.807, 2.05) is 134 Å². The molecule has 15 nitrogen and oxygen atoms in total. The van der Waals surface area contributed by atoms with E-state index in [4.69, 9.17) is 18.9 Å². The number of rotatable bonds is 15. The van der Waals surface area contributed by atoms with Crippen LogP contribution in [-0.4, -0.2) is 98.6 Å². The number of amides is 1. The van der Waals surface area contributed by atoms with Crippen molar-refractivity contribution in [2.24, 2.45) is 0 Å². The lowest BCUT2D eigenvalue weighted by Crippen LogP contribution is -2.53. The van der Waals surface area contributed by atoms with Gasteiger partial charge in [-0.25, -0.2) is 22.9 Å². The summed E-state index contributed by atoms with van der Waals surface area (Å²) in [5.41, 5.74) is 3.96. The molecule has 1 fully saturated rings. The number of nitrogens with zero attached hydrogens (tertiary/aromatic N) is 8. The number of imidazole rings is 1. The molecule has 0 aliphatic carbocycles. The maximum Gasteiger partial charge on any atom is 0.410 e. The van der Waals surface area contributed by atoms with Crippen LogP contribution in [0.1, 0.15) is 37.5 Å². The number of sulfonamides is 1. The number of ether oxygens (including phenoxy) is 4. The highest BCUT2D eigenvalue weighted by atomic mass is 32.2. The molecule has 63 heavy (non-hydrogen) atoms. The molecule has 0 atom stereocenters. The zero-order valence-corrected chi connectivity index (χ0v) is 37.5. The lowest BCUT2D eigenvalue weighted by atomic mass is 10.0. The number of pyridine rings is 1. The summed E-state index contributed by atoms with van der Waals surface area (Å²) in [6.45, 7) is 6.48. The minimum absolute atomic E-state index is 0.0237. The average Bonchev–Trinajstić information content (AvgIpc) is 3.94. The molecule has 1 aliphatic rings. The van der Waals surface area contributed by atoms with Gasteiger partial charge in [-0.05, 0) is 102 Å². The zero-order valence-electron chi connectivity index (χ0n) is 35.8. The third-order valence-corrected chi connectivity index (χ3v) is 13.7. The van der Waals surface area contributed by atoms with Crippen LogP contribution >= 0.6 is 11.8 Å². The van der Waals surface area contributed by atoms with Crippen molar-refractivity contribution in [1.82, 2.24) is 38.8 Å². The Morgan fingerprint density at radius 2 is 1.38 bits per heavy atom. The van der Waals surface area contributed by atoms with Gasteiger partial charge in [0.25, 0.3) is 0 Å². The van der Waals surface area contributed by atoms with Crippen LogP contribution in [0.4, 0.5) is 4.79 Å². The normalized spacial score (nSPS) is 13.3. The molecule has 7 aromatic rings. The maximum absolute atomic E-state index is 16.1. The van der Waals surface area contributed by atoms with Gasteiger partial charge < -0.3 is 23.8 Å². The highest BCUT2D eigenvalue weighted by Crippen LogP contribution is 2.45. The number of likely N-dealkylation sites (tertiary alicyclic amines) is 1. The first kappa shape index (κ1) is 43.2. The smallest absolute Gasteiger partial charge is 0.410 e. The molecule has 4 heterocycles. The van der Waals surface area contributed by atoms with Crippen LogP contribution in [0.5, 0.6) is 17.2 Å². The number of thioether (sulfide) groups is 1. The van der Waals surface area contributed by atoms with Crippen LogP contribution < -0.4 is 14.2 Å². The number of hydrogen-bond acceptors (Lipinski definition) is 12. The van der Waals surface area contributed by atoms with E-state index < -0.39 is 21.7 Å². The van der Waals surface area contributed by atoms with Gasteiger partial charge in [-0.3, -0.25) is 4.40 Å². The Kier molecular flexibility index (Phi) is 12.4. The summed E-state index contributed by atoms with van der Waals surface area (Å²) >= 11 is 1.40. The zero-order chi connectivity index (χ0) is 44.3. The van der Waals surface area contributed by atoms with E-state index in [2.05, 4.69) is 20.5 Å². The van der Waals surface area contributed by atoms with Gasteiger partial charge >= 0.3 is 6.09 Å². The second-order valence-corrected chi connectivity index (χ2v) is 19.2. The molecular weight excluding hydrogens is 841 g/mol. The van der Waals surface area contributed by atoms with E-state index in [1.54, 1.807) is 37.1 Å². The molecule has 17 heteroatoms. The van der Waals surface area contributed by atoms with Gasteiger partial charge in [0.1, 0.15) is 33.4 Å². The van der Waals surface area contributed by atoms with E-state index in [9.17, 15) is 4.79 Å². The predicted molar refractivity (Wildman–Crippen MR) is 239 cm³/mol. The molecule has 3 aromatic heterocycles. The summed E-state index contributed by atoms with van der Waals surface area (Å²) in [5.74, 6) is 2.24. The number of carbonyl (C=O) groups excluding carboxylic acids is 1. The average molecular weight is 889 g/mol. The molecule has 1 aliphatic heterocycles. The Morgan fingerprint density at radius 1 is 0.794 bits per heavy atom. The molecule has 0 unspecified atom stereocenters. The Morgan fingerprint density at radius 3 is 1.95 bits per heavy atom. The van der Waals surface area contributed by atoms with Crippen molar-refractivity contribution in [2.75, 3.05) is 34.4 Å². The van der Waals surface area contributed by atoms with Crippen LogP contribution in [0.3, 0.4) is 0 Å². The van der Waals surface area contributed by atoms with E-state index >= 15 is 8.42 Å². The summed E-state index contributed by atoms with van der Waals surface area (Å²) in [6.07, 6.45) is 3.12. The largest absolute Gasteiger partial charge is 0.497 e. The second kappa shape index (κ2) is 18.1. The lowest BCUT2D eigenvalue weighted by Gasteiger charge is -2.39. The summed E-state index contributed by atoms with van der Waals surface area (Å²) < 4.78 is 59.2. The molecule has 0 saturated carbocycles. The molecule has 0 radical (unpaired) electrons. The van der Waals surface area contributed by atoms with Crippen LogP contribution in [0.15, 0.2) is 125 Å². The number of methoxy groups -OCH3 is 3. The minimum atomic E-state index is -4.47. The molecule has 0 N–H and O–H groups in total. The van der Waals surface area contributed by atoms with Gasteiger partial charge in [0.15, 0.2) is 5.82 Å². The molecule has 1 saturated heterocycles. The third-order valence-electron chi connectivity index (χ3n) is 10.5. The molecule has 0 bridgehead atoms. The number of carbonyl (C=O) groups is 1. The number of tetrazole rings is 1. The van der Waals surface area contributed by atoms with Crippen molar-refractivity contribution in [3.05, 3.63) is 132 Å². The van der Waals surface area contributed by atoms with Gasteiger partial charge in [0, 0.05) is 54.3 Å². The maximum atomic E-state index is 16.1. The topological polar surface area (TPSA) is 156 Å². The van der Waals surface area contributed by atoms with Crippen LogP contribution in [0, 0.1) is 0 Å². The van der Waals surface area contributed by atoms with E-state index in [-0.39, 0.29) is 35.6 Å². The Bertz CT molecular complexity index is 2770.